The lowest BCUT2D eigenvalue weighted by atomic mass is 9.68. The number of hydrogen-bond acceptors (Lipinski definition) is 5. The molecule has 1 heterocycles. The molecule has 0 saturated heterocycles. The van der Waals surface area contributed by atoms with Gasteiger partial charge in [-0.1, -0.05) is 23.7 Å². The van der Waals surface area contributed by atoms with Crippen LogP contribution in [0.4, 0.5) is 5.69 Å². The van der Waals surface area contributed by atoms with Gasteiger partial charge in [-0.25, -0.2) is 4.79 Å². The second-order valence-corrected chi connectivity index (χ2v) is 12.5. The van der Waals surface area contributed by atoms with Crippen molar-refractivity contribution in [3.63, 3.8) is 0 Å². The maximum Gasteiger partial charge on any atom is 0.338 e. The van der Waals surface area contributed by atoms with Crippen molar-refractivity contribution in [2.75, 3.05) is 24.6 Å². The third-order valence-corrected chi connectivity index (χ3v) is 8.52. The summed E-state index contributed by atoms with van der Waals surface area (Å²) in [5.41, 5.74) is 3.29. The van der Waals surface area contributed by atoms with Crippen LogP contribution in [0.25, 0.3) is 0 Å². The van der Waals surface area contributed by atoms with Crippen molar-refractivity contribution in [2.24, 2.45) is 11.8 Å². The Kier molecular flexibility index (Phi) is 7.06. The normalized spacial score (nSPS) is 25.7. The zero-order chi connectivity index (χ0) is 26.4. The third-order valence-electron chi connectivity index (χ3n) is 8.28. The second kappa shape index (κ2) is 9.99. The highest BCUT2D eigenvalue weighted by atomic mass is 35.5. The highest BCUT2D eigenvalue weighted by Crippen LogP contribution is 2.46. The van der Waals surface area contributed by atoms with Crippen LogP contribution in [0.2, 0.25) is 5.02 Å². The molecule has 1 aliphatic heterocycles. The molecule has 3 aliphatic rings. The zero-order valence-electron chi connectivity index (χ0n) is 22.1. The van der Waals surface area contributed by atoms with Gasteiger partial charge in [0.2, 0.25) is 0 Å². The van der Waals surface area contributed by atoms with Crippen molar-refractivity contribution in [3.8, 4) is 5.75 Å². The van der Waals surface area contributed by atoms with Crippen molar-refractivity contribution in [3.05, 3.63) is 70.8 Å². The van der Waals surface area contributed by atoms with Gasteiger partial charge >= 0.3 is 5.97 Å². The Bertz CT molecular complexity index is 1190. The van der Waals surface area contributed by atoms with Crippen LogP contribution in [0.5, 0.6) is 5.75 Å². The van der Waals surface area contributed by atoms with Crippen molar-refractivity contribution in [1.82, 2.24) is 0 Å². The fourth-order valence-electron chi connectivity index (χ4n) is 6.31. The average Bonchev–Trinajstić information content (AvgIpc) is 2.97. The number of carbonyl (C=O) groups excluding carboxylic acids is 1. The zero-order valence-corrected chi connectivity index (χ0v) is 22.9. The molecular weight excluding hydrogens is 486 g/mol. The van der Waals surface area contributed by atoms with Gasteiger partial charge in [-0.2, -0.15) is 0 Å². The van der Waals surface area contributed by atoms with Gasteiger partial charge < -0.3 is 19.5 Å². The Labute approximate surface area is 225 Å². The quantitative estimate of drug-likeness (QED) is 0.366. The monoisotopic (exact) mass is 523 g/mol. The summed E-state index contributed by atoms with van der Waals surface area (Å²) in [6, 6.07) is 11.9. The highest BCUT2D eigenvalue weighted by Gasteiger charge is 2.44. The van der Waals surface area contributed by atoms with Gasteiger partial charge in [0.1, 0.15) is 11.4 Å². The van der Waals surface area contributed by atoms with Gasteiger partial charge in [0.05, 0.1) is 24.0 Å². The van der Waals surface area contributed by atoms with E-state index in [2.05, 4.69) is 23.6 Å². The number of aliphatic hydroxyl groups excluding tert-OH is 1. The maximum atomic E-state index is 13.0. The van der Waals surface area contributed by atoms with Crippen molar-refractivity contribution in [1.29, 1.82) is 0 Å². The summed E-state index contributed by atoms with van der Waals surface area (Å²) in [7, 11) is 0. The molecule has 0 unspecified atom stereocenters. The van der Waals surface area contributed by atoms with E-state index in [9.17, 15) is 9.90 Å². The molecule has 2 aliphatic carbocycles. The van der Waals surface area contributed by atoms with Crippen molar-refractivity contribution < 1.29 is 19.4 Å². The smallest absolute Gasteiger partial charge is 0.338 e. The van der Waals surface area contributed by atoms with Gasteiger partial charge in [0.25, 0.3) is 0 Å². The number of carbonyl (C=O) groups is 1. The van der Waals surface area contributed by atoms with Crippen LogP contribution in [-0.4, -0.2) is 42.5 Å². The highest BCUT2D eigenvalue weighted by molar-refractivity contribution is 6.30. The molecule has 0 bridgehead atoms. The molecule has 5 nitrogen and oxygen atoms in total. The predicted octanol–water partition coefficient (Wildman–Crippen LogP) is 6.34. The lowest BCUT2D eigenvalue weighted by Gasteiger charge is -2.45. The van der Waals surface area contributed by atoms with E-state index in [1.165, 1.54) is 11.1 Å². The molecular formula is C31H38ClNO4. The first-order chi connectivity index (χ1) is 17.6. The second-order valence-electron chi connectivity index (χ2n) is 12.0. The SMILES string of the molecule is C=C[C@@H](O)[C@@H]1CC[C@H]1CN1C[C@@]2(CCCc3cc(Cl)ccc32)COc2ccc(C(=O)OC(C)(C)C)cc21. The van der Waals surface area contributed by atoms with E-state index in [4.69, 9.17) is 21.1 Å². The molecule has 4 atom stereocenters. The number of rotatable bonds is 5. The van der Waals surface area contributed by atoms with Crippen LogP contribution in [0.3, 0.4) is 0 Å². The van der Waals surface area contributed by atoms with Crippen LogP contribution < -0.4 is 9.64 Å². The van der Waals surface area contributed by atoms with E-state index in [1.54, 1.807) is 12.1 Å². The van der Waals surface area contributed by atoms with E-state index in [1.807, 2.05) is 39.0 Å². The predicted molar refractivity (Wildman–Crippen MR) is 148 cm³/mol. The summed E-state index contributed by atoms with van der Waals surface area (Å²) >= 11 is 6.37. The van der Waals surface area contributed by atoms with Gasteiger partial charge in [0.15, 0.2) is 0 Å². The Balaban J connectivity index is 1.53. The molecule has 1 fully saturated rings. The van der Waals surface area contributed by atoms with E-state index in [-0.39, 0.29) is 17.3 Å². The van der Waals surface area contributed by atoms with Gasteiger partial charge in [0, 0.05) is 23.5 Å². The van der Waals surface area contributed by atoms with Crippen molar-refractivity contribution in [2.45, 2.75) is 70.0 Å². The standard InChI is InChI=1S/C31H38ClNO4/c1-5-27(34)24-11-8-22(24)17-33-18-31(14-6-7-20-15-23(32)10-12-25(20)31)19-36-28-13-9-21(16-26(28)33)29(35)37-30(2,3)4/h5,9-10,12-13,15-16,22,24,27,34H,1,6-8,11,14,17-19H2,2-4H3/t22-,24+,27+,31-/m0/s1. The number of fused-ring (bicyclic) bond motifs is 3. The number of benzene rings is 2. The summed E-state index contributed by atoms with van der Waals surface area (Å²) in [6.45, 7) is 11.6. The summed E-state index contributed by atoms with van der Waals surface area (Å²) in [5, 5.41) is 11.3. The van der Waals surface area contributed by atoms with Crippen LogP contribution in [0.15, 0.2) is 49.1 Å². The van der Waals surface area contributed by atoms with Gasteiger partial charge in [-0.05, 0) is 106 Å². The minimum atomic E-state index is -0.572. The Morgan fingerprint density at radius 2 is 2.11 bits per heavy atom. The number of aryl methyl sites for hydroxylation is 1. The molecule has 6 heteroatoms. The number of nitrogens with zero attached hydrogens (tertiary/aromatic N) is 1. The molecule has 198 valence electrons. The number of ether oxygens (including phenoxy) is 2. The van der Waals surface area contributed by atoms with Gasteiger partial charge in [-0.3, -0.25) is 0 Å². The molecule has 2 aromatic carbocycles. The molecule has 0 aromatic heterocycles. The van der Waals surface area contributed by atoms with E-state index >= 15 is 0 Å². The van der Waals surface area contributed by atoms with Crippen LogP contribution in [0, 0.1) is 11.8 Å². The first-order valence-corrected chi connectivity index (χ1v) is 13.8. The lowest BCUT2D eigenvalue weighted by Crippen LogP contribution is -2.49. The van der Waals surface area contributed by atoms with Crippen molar-refractivity contribution >= 4 is 23.3 Å². The first-order valence-electron chi connectivity index (χ1n) is 13.4. The fraction of sp³-hybridized carbons (Fsp3) is 0.516. The van der Waals surface area contributed by atoms with Crippen LogP contribution in [-0.2, 0) is 16.6 Å². The van der Waals surface area contributed by atoms with Crippen LogP contribution >= 0.6 is 11.6 Å². The minimum absolute atomic E-state index is 0.181. The molecule has 0 radical (unpaired) electrons. The molecule has 2 aromatic rings. The maximum absolute atomic E-state index is 13.0. The Morgan fingerprint density at radius 1 is 1.30 bits per heavy atom. The topological polar surface area (TPSA) is 59.0 Å². The average molecular weight is 524 g/mol. The van der Waals surface area contributed by atoms with E-state index < -0.39 is 11.7 Å². The van der Waals surface area contributed by atoms with Crippen LogP contribution in [0.1, 0.15) is 67.9 Å². The number of esters is 1. The number of aliphatic hydroxyl groups is 1. The largest absolute Gasteiger partial charge is 0.490 e. The Hall–Kier alpha value is -2.50. The summed E-state index contributed by atoms with van der Waals surface area (Å²) in [6.07, 6.45) is 6.33. The lowest BCUT2D eigenvalue weighted by molar-refractivity contribution is 0.00695. The first kappa shape index (κ1) is 26.1. The van der Waals surface area contributed by atoms with E-state index in [0.717, 1.165) is 61.7 Å². The summed E-state index contributed by atoms with van der Waals surface area (Å²) in [4.78, 5) is 15.4. The molecule has 1 spiro atoms. The number of hydrogen-bond donors (Lipinski definition) is 1. The number of halogens is 1. The summed E-state index contributed by atoms with van der Waals surface area (Å²) < 4.78 is 12.2. The molecule has 0 amide bonds. The molecule has 37 heavy (non-hydrogen) atoms. The van der Waals surface area contributed by atoms with Gasteiger partial charge in [-0.15, -0.1) is 6.58 Å². The Morgan fingerprint density at radius 3 is 2.81 bits per heavy atom. The fourth-order valence-corrected chi connectivity index (χ4v) is 6.50. The molecule has 5 rings (SSSR count). The summed E-state index contributed by atoms with van der Waals surface area (Å²) in [5.74, 6) is 0.989. The molecule has 1 saturated carbocycles. The third kappa shape index (κ3) is 5.26. The number of anilines is 1. The molecule has 1 N–H and O–H groups in total. The minimum Gasteiger partial charge on any atom is -0.490 e. The van der Waals surface area contributed by atoms with E-state index in [0.29, 0.717) is 18.1 Å².